The van der Waals surface area contributed by atoms with Crippen LogP contribution in [-0.4, -0.2) is 25.3 Å². The van der Waals surface area contributed by atoms with E-state index in [2.05, 4.69) is 4.74 Å². The molecule has 0 bridgehead atoms. The van der Waals surface area contributed by atoms with Crippen LogP contribution in [0, 0.1) is 0 Å². The Morgan fingerprint density at radius 1 is 1.19 bits per heavy atom. The number of carbonyl (C=O) groups excluding carboxylic acids is 1. The van der Waals surface area contributed by atoms with Crippen molar-refractivity contribution in [1.82, 2.24) is 0 Å². The molecule has 1 aliphatic heterocycles. The van der Waals surface area contributed by atoms with Gasteiger partial charge in [0.25, 0.3) is 0 Å². The van der Waals surface area contributed by atoms with Crippen molar-refractivity contribution in [3.63, 3.8) is 0 Å². The quantitative estimate of drug-likeness (QED) is 0.860. The monoisotopic (exact) mass is 286 g/mol. The maximum atomic E-state index is 11.7. The molecule has 21 heavy (non-hydrogen) atoms. The first-order chi connectivity index (χ1) is 10.1. The third-order valence-corrected chi connectivity index (χ3v) is 3.49. The minimum Gasteiger partial charge on any atom is -0.507 e. The summed E-state index contributed by atoms with van der Waals surface area (Å²) in [5.74, 6) is 0.700. The van der Waals surface area contributed by atoms with Gasteiger partial charge in [-0.3, -0.25) is 0 Å². The molecule has 0 spiro atoms. The molecule has 5 heteroatoms. The van der Waals surface area contributed by atoms with Gasteiger partial charge in [0.15, 0.2) is 0 Å². The normalized spacial score (nSPS) is 11.9. The number of phenols is 1. The summed E-state index contributed by atoms with van der Waals surface area (Å²) in [5.41, 5.74) is 2.65. The van der Waals surface area contributed by atoms with Gasteiger partial charge in [-0.1, -0.05) is 0 Å². The Labute approximate surface area is 121 Å². The van der Waals surface area contributed by atoms with Crippen LogP contribution in [0.5, 0.6) is 17.2 Å². The van der Waals surface area contributed by atoms with E-state index in [0.29, 0.717) is 18.1 Å². The summed E-state index contributed by atoms with van der Waals surface area (Å²) in [6.07, 6.45) is 0. The standard InChI is InChI=1S/C16H14O5/c1-19-10-3-4-11-12-7-13(16(18)20-2)14(17)5-9(12)8-21-15(11)6-10/h3-7,17H,8H2,1-2H3. The number of benzene rings is 2. The Morgan fingerprint density at radius 3 is 2.71 bits per heavy atom. The third-order valence-electron chi connectivity index (χ3n) is 3.49. The van der Waals surface area contributed by atoms with Crippen molar-refractivity contribution < 1.29 is 24.1 Å². The van der Waals surface area contributed by atoms with Crippen molar-refractivity contribution in [1.29, 1.82) is 0 Å². The number of hydrogen-bond donors (Lipinski definition) is 1. The fourth-order valence-electron chi connectivity index (χ4n) is 2.40. The van der Waals surface area contributed by atoms with Gasteiger partial charge < -0.3 is 19.3 Å². The van der Waals surface area contributed by atoms with Crippen LogP contribution in [0.4, 0.5) is 0 Å². The maximum absolute atomic E-state index is 11.7. The molecule has 1 N–H and O–H groups in total. The molecule has 0 saturated heterocycles. The lowest BCUT2D eigenvalue weighted by molar-refractivity contribution is 0.0597. The summed E-state index contributed by atoms with van der Waals surface area (Å²) in [5, 5.41) is 9.92. The number of rotatable bonds is 2. The number of fused-ring (bicyclic) bond motifs is 3. The summed E-state index contributed by atoms with van der Waals surface area (Å²) >= 11 is 0. The maximum Gasteiger partial charge on any atom is 0.341 e. The Kier molecular flexibility index (Phi) is 3.17. The van der Waals surface area contributed by atoms with Crippen molar-refractivity contribution >= 4 is 5.97 Å². The van der Waals surface area contributed by atoms with Gasteiger partial charge in [-0.25, -0.2) is 4.79 Å². The third kappa shape index (κ3) is 2.16. The summed E-state index contributed by atoms with van der Waals surface area (Å²) in [6.45, 7) is 0.324. The Bertz CT molecular complexity index is 721. The van der Waals surface area contributed by atoms with E-state index in [0.717, 1.165) is 16.7 Å². The van der Waals surface area contributed by atoms with Gasteiger partial charge in [-0.2, -0.15) is 0 Å². The van der Waals surface area contributed by atoms with Crippen LogP contribution in [0.2, 0.25) is 0 Å². The second-order valence-electron chi connectivity index (χ2n) is 4.67. The highest BCUT2D eigenvalue weighted by atomic mass is 16.5. The smallest absolute Gasteiger partial charge is 0.341 e. The molecule has 0 aromatic heterocycles. The first-order valence-corrected chi connectivity index (χ1v) is 6.39. The molecular weight excluding hydrogens is 272 g/mol. The molecule has 0 atom stereocenters. The van der Waals surface area contributed by atoms with Gasteiger partial charge >= 0.3 is 5.97 Å². The second-order valence-corrected chi connectivity index (χ2v) is 4.67. The van der Waals surface area contributed by atoms with Crippen molar-refractivity contribution in [3.8, 4) is 28.4 Å². The number of ether oxygens (including phenoxy) is 3. The van der Waals surface area contributed by atoms with Gasteiger partial charge in [0.1, 0.15) is 29.4 Å². The summed E-state index contributed by atoms with van der Waals surface area (Å²) < 4.78 is 15.5. The molecule has 3 rings (SSSR count). The Balaban J connectivity index is 2.16. The minimum absolute atomic E-state index is 0.110. The van der Waals surface area contributed by atoms with Gasteiger partial charge in [-0.05, 0) is 29.8 Å². The molecule has 0 aliphatic carbocycles. The molecule has 5 nitrogen and oxygen atoms in total. The predicted octanol–water partition coefficient (Wildman–Crippen LogP) is 2.75. The zero-order valence-electron chi connectivity index (χ0n) is 11.7. The average molecular weight is 286 g/mol. The van der Waals surface area contributed by atoms with Crippen LogP contribution in [0.1, 0.15) is 15.9 Å². The van der Waals surface area contributed by atoms with E-state index in [1.54, 1.807) is 19.2 Å². The Morgan fingerprint density at radius 2 is 2.00 bits per heavy atom. The van der Waals surface area contributed by atoms with E-state index < -0.39 is 5.97 Å². The van der Waals surface area contributed by atoms with Crippen LogP contribution < -0.4 is 9.47 Å². The van der Waals surface area contributed by atoms with Crippen molar-refractivity contribution in [2.24, 2.45) is 0 Å². The van der Waals surface area contributed by atoms with E-state index in [-0.39, 0.29) is 11.3 Å². The topological polar surface area (TPSA) is 65.0 Å². The highest BCUT2D eigenvalue weighted by molar-refractivity contribution is 5.95. The first-order valence-electron chi connectivity index (χ1n) is 6.39. The molecular formula is C16H14O5. The SMILES string of the molecule is COC(=O)c1cc2c(cc1O)COc1cc(OC)ccc1-2. The van der Waals surface area contributed by atoms with E-state index in [9.17, 15) is 9.90 Å². The molecule has 0 saturated carbocycles. The van der Waals surface area contributed by atoms with Crippen molar-refractivity contribution in [3.05, 3.63) is 41.5 Å². The number of aromatic hydroxyl groups is 1. The molecule has 0 amide bonds. The minimum atomic E-state index is -0.572. The largest absolute Gasteiger partial charge is 0.507 e. The van der Waals surface area contributed by atoms with Crippen LogP contribution >= 0.6 is 0 Å². The number of methoxy groups -OCH3 is 2. The lowest BCUT2D eigenvalue weighted by atomic mass is 9.94. The van der Waals surface area contributed by atoms with Gasteiger partial charge in [-0.15, -0.1) is 0 Å². The highest BCUT2D eigenvalue weighted by Gasteiger charge is 2.22. The summed E-state index contributed by atoms with van der Waals surface area (Å²) in [6, 6.07) is 8.65. The van der Waals surface area contributed by atoms with Crippen molar-refractivity contribution in [2.45, 2.75) is 6.61 Å². The molecule has 0 fully saturated rings. The number of carbonyl (C=O) groups is 1. The molecule has 0 unspecified atom stereocenters. The lowest BCUT2D eigenvalue weighted by Crippen LogP contribution is -2.09. The highest BCUT2D eigenvalue weighted by Crippen LogP contribution is 2.41. The van der Waals surface area contributed by atoms with E-state index in [1.165, 1.54) is 13.2 Å². The zero-order chi connectivity index (χ0) is 15.0. The van der Waals surface area contributed by atoms with Crippen molar-refractivity contribution in [2.75, 3.05) is 14.2 Å². The van der Waals surface area contributed by atoms with E-state index in [1.807, 2.05) is 12.1 Å². The molecule has 108 valence electrons. The zero-order valence-corrected chi connectivity index (χ0v) is 11.7. The molecule has 1 heterocycles. The molecule has 2 aromatic rings. The van der Waals surface area contributed by atoms with Crippen LogP contribution in [-0.2, 0) is 11.3 Å². The van der Waals surface area contributed by atoms with Gasteiger partial charge in [0, 0.05) is 17.2 Å². The van der Waals surface area contributed by atoms with Crippen LogP contribution in [0.15, 0.2) is 30.3 Å². The number of hydrogen-bond acceptors (Lipinski definition) is 5. The summed E-state index contributed by atoms with van der Waals surface area (Å²) in [4.78, 5) is 11.7. The first kappa shape index (κ1) is 13.3. The second kappa shape index (κ2) is 5.01. The number of phenolic OH excluding ortho intramolecular Hbond substituents is 1. The fourth-order valence-corrected chi connectivity index (χ4v) is 2.40. The fraction of sp³-hybridized carbons (Fsp3) is 0.188. The average Bonchev–Trinajstić information content (AvgIpc) is 2.52. The lowest BCUT2D eigenvalue weighted by Gasteiger charge is -2.22. The predicted molar refractivity (Wildman–Crippen MR) is 75.8 cm³/mol. The summed E-state index contributed by atoms with van der Waals surface area (Å²) in [7, 11) is 2.87. The molecule has 0 radical (unpaired) electrons. The van der Waals surface area contributed by atoms with Crippen LogP contribution in [0.25, 0.3) is 11.1 Å². The van der Waals surface area contributed by atoms with E-state index in [4.69, 9.17) is 9.47 Å². The van der Waals surface area contributed by atoms with Gasteiger partial charge in [0.2, 0.25) is 0 Å². The van der Waals surface area contributed by atoms with E-state index >= 15 is 0 Å². The van der Waals surface area contributed by atoms with Gasteiger partial charge in [0.05, 0.1) is 14.2 Å². The Hall–Kier alpha value is -2.69. The molecule has 2 aromatic carbocycles. The molecule has 1 aliphatic rings. The number of esters is 1. The van der Waals surface area contributed by atoms with Crippen LogP contribution in [0.3, 0.4) is 0 Å².